The maximum Gasteiger partial charge on any atom is 0.327 e. The van der Waals surface area contributed by atoms with Crippen LogP contribution in [0.2, 0.25) is 0 Å². The van der Waals surface area contributed by atoms with Gasteiger partial charge in [0.05, 0.1) is 11.4 Å². The number of nitrogens with zero attached hydrogens (tertiary/aromatic N) is 1. The number of thiophene rings is 1. The number of nitrogens with one attached hydrogen (secondary N) is 1. The van der Waals surface area contributed by atoms with Gasteiger partial charge in [0.1, 0.15) is 6.04 Å². The van der Waals surface area contributed by atoms with Crippen LogP contribution in [-0.2, 0) is 11.2 Å². The van der Waals surface area contributed by atoms with Crippen molar-refractivity contribution in [3.8, 4) is 0 Å². The van der Waals surface area contributed by atoms with E-state index in [9.17, 15) is 14.7 Å². The number of amides is 2. The Kier molecular flexibility index (Phi) is 4.12. The van der Waals surface area contributed by atoms with Crippen LogP contribution >= 0.6 is 23.1 Å². The Hall–Kier alpha value is -1.21. The monoisotopic (exact) mass is 326 g/mol. The van der Waals surface area contributed by atoms with Crippen molar-refractivity contribution in [1.29, 1.82) is 0 Å². The third kappa shape index (κ3) is 2.76. The zero-order valence-electron chi connectivity index (χ0n) is 11.7. The molecule has 0 spiro atoms. The summed E-state index contributed by atoms with van der Waals surface area (Å²) >= 11 is 3.24. The number of thioether (sulfide) groups is 1. The standard InChI is InChI=1S/C14H18N2O3S2/c1-8-16(11(7-21-8)13(17)18)14(19)15-10-3-2-4-12-9(10)5-6-20-12/h5-6,8,10-11H,2-4,7H2,1H3,(H,15,19)(H,17,18). The fourth-order valence-corrected chi connectivity index (χ4v) is 5.16. The molecule has 0 bridgehead atoms. The van der Waals surface area contributed by atoms with Crippen LogP contribution in [0.5, 0.6) is 0 Å². The van der Waals surface area contributed by atoms with Crippen molar-refractivity contribution in [2.75, 3.05) is 5.75 Å². The number of fused-ring (bicyclic) bond motifs is 1. The van der Waals surface area contributed by atoms with Gasteiger partial charge in [-0.3, -0.25) is 4.90 Å². The normalized spacial score (nSPS) is 28.2. The van der Waals surface area contributed by atoms with E-state index in [1.807, 2.05) is 6.92 Å². The largest absolute Gasteiger partial charge is 0.480 e. The molecular formula is C14H18N2O3S2. The van der Waals surface area contributed by atoms with E-state index in [2.05, 4.69) is 16.8 Å². The first kappa shape index (κ1) is 14.7. The van der Waals surface area contributed by atoms with E-state index in [0.29, 0.717) is 5.75 Å². The molecule has 0 radical (unpaired) electrons. The van der Waals surface area contributed by atoms with Crippen LogP contribution in [0.4, 0.5) is 4.79 Å². The summed E-state index contributed by atoms with van der Waals surface area (Å²) in [6, 6.07) is 1.10. The summed E-state index contributed by atoms with van der Waals surface area (Å²) in [4.78, 5) is 26.6. The highest BCUT2D eigenvalue weighted by Crippen LogP contribution is 2.34. The Morgan fingerprint density at radius 2 is 2.29 bits per heavy atom. The number of hydrogen-bond donors (Lipinski definition) is 2. The number of carbonyl (C=O) groups excluding carboxylic acids is 1. The second-order valence-corrected chi connectivity index (χ2v) is 7.74. The van der Waals surface area contributed by atoms with Crippen LogP contribution in [0, 0.1) is 0 Å². The molecular weight excluding hydrogens is 308 g/mol. The lowest BCUT2D eigenvalue weighted by molar-refractivity contribution is -0.141. The van der Waals surface area contributed by atoms with Gasteiger partial charge < -0.3 is 10.4 Å². The number of urea groups is 1. The molecule has 2 N–H and O–H groups in total. The van der Waals surface area contributed by atoms with Gasteiger partial charge in [0, 0.05) is 10.6 Å². The van der Waals surface area contributed by atoms with E-state index >= 15 is 0 Å². The van der Waals surface area contributed by atoms with Gasteiger partial charge >= 0.3 is 12.0 Å². The van der Waals surface area contributed by atoms with Gasteiger partial charge in [-0.25, -0.2) is 9.59 Å². The lowest BCUT2D eigenvalue weighted by Crippen LogP contribution is -2.50. The Morgan fingerprint density at radius 3 is 3.05 bits per heavy atom. The van der Waals surface area contributed by atoms with Gasteiger partial charge in [-0.1, -0.05) is 0 Å². The molecule has 2 heterocycles. The van der Waals surface area contributed by atoms with Gasteiger partial charge in [-0.05, 0) is 43.2 Å². The van der Waals surface area contributed by atoms with E-state index in [1.165, 1.54) is 27.1 Å². The number of carbonyl (C=O) groups is 2. The van der Waals surface area contributed by atoms with E-state index < -0.39 is 12.0 Å². The predicted molar refractivity (Wildman–Crippen MR) is 83.7 cm³/mol. The minimum absolute atomic E-state index is 0.0137. The topological polar surface area (TPSA) is 69.6 Å². The molecule has 3 rings (SSSR count). The first-order chi connectivity index (χ1) is 10.1. The van der Waals surface area contributed by atoms with Gasteiger partial charge in [0.15, 0.2) is 0 Å². The second kappa shape index (κ2) is 5.88. The van der Waals surface area contributed by atoms with Crippen LogP contribution in [-0.4, -0.2) is 39.2 Å². The molecule has 2 aliphatic rings. The lowest BCUT2D eigenvalue weighted by Gasteiger charge is -2.30. The van der Waals surface area contributed by atoms with E-state index in [0.717, 1.165) is 19.3 Å². The second-order valence-electron chi connectivity index (χ2n) is 5.39. The average molecular weight is 326 g/mol. The third-order valence-electron chi connectivity index (χ3n) is 4.09. The fourth-order valence-electron chi connectivity index (χ4n) is 3.00. The van der Waals surface area contributed by atoms with Crippen molar-refractivity contribution >= 4 is 35.1 Å². The maximum absolute atomic E-state index is 12.5. The predicted octanol–water partition coefficient (Wildman–Crippen LogP) is 2.68. The summed E-state index contributed by atoms with van der Waals surface area (Å²) in [6.07, 6.45) is 3.06. The molecule has 1 fully saturated rings. The summed E-state index contributed by atoms with van der Waals surface area (Å²) in [6.45, 7) is 1.88. The van der Waals surface area contributed by atoms with Crippen LogP contribution in [0.15, 0.2) is 11.4 Å². The molecule has 0 aromatic carbocycles. The summed E-state index contributed by atoms with van der Waals surface area (Å²) < 4.78 is 0. The highest BCUT2D eigenvalue weighted by molar-refractivity contribution is 8.00. The zero-order valence-corrected chi connectivity index (χ0v) is 13.4. The highest BCUT2D eigenvalue weighted by Gasteiger charge is 2.40. The zero-order chi connectivity index (χ0) is 15.0. The number of carboxylic acids is 1. The summed E-state index contributed by atoms with van der Waals surface area (Å²) in [5.74, 6) is -0.472. The van der Waals surface area contributed by atoms with E-state index in [1.54, 1.807) is 11.3 Å². The number of carboxylic acid groups (broad SMARTS) is 1. The Balaban J connectivity index is 1.74. The maximum atomic E-state index is 12.5. The van der Waals surface area contributed by atoms with Crippen molar-refractivity contribution in [2.24, 2.45) is 0 Å². The third-order valence-corrected chi connectivity index (χ3v) is 6.31. The number of rotatable bonds is 2. The lowest BCUT2D eigenvalue weighted by atomic mass is 9.94. The molecule has 1 aromatic rings. The van der Waals surface area contributed by atoms with Gasteiger partial charge in [0.25, 0.3) is 0 Å². The molecule has 114 valence electrons. The molecule has 1 aliphatic heterocycles. The molecule has 1 aromatic heterocycles. The quantitative estimate of drug-likeness (QED) is 0.877. The molecule has 3 unspecified atom stereocenters. The smallest absolute Gasteiger partial charge is 0.327 e. The van der Waals surface area contributed by atoms with Crippen LogP contribution in [0.3, 0.4) is 0 Å². The Labute approximate surface area is 131 Å². The summed E-state index contributed by atoms with van der Waals surface area (Å²) in [5, 5.41) is 14.2. The SMILES string of the molecule is CC1SCC(C(=O)O)N1C(=O)NC1CCCc2sccc21. The molecule has 0 saturated carbocycles. The minimum atomic E-state index is -0.929. The van der Waals surface area contributed by atoms with Crippen LogP contribution < -0.4 is 5.32 Å². The number of hydrogen-bond acceptors (Lipinski definition) is 4. The van der Waals surface area contributed by atoms with Crippen molar-refractivity contribution in [3.63, 3.8) is 0 Å². The fraction of sp³-hybridized carbons (Fsp3) is 0.571. The molecule has 1 saturated heterocycles. The first-order valence-corrected chi connectivity index (χ1v) is 9.00. The van der Waals surface area contributed by atoms with Gasteiger partial charge in [-0.15, -0.1) is 23.1 Å². The molecule has 21 heavy (non-hydrogen) atoms. The van der Waals surface area contributed by atoms with Crippen molar-refractivity contribution < 1.29 is 14.7 Å². The Morgan fingerprint density at radius 1 is 1.48 bits per heavy atom. The highest BCUT2D eigenvalue weighted by atomic mass is 32.2. The Bertz CT molecular complexity index is 560. The van der Waals surface area contributed by atoms with Gasteiger partial charge in [0.2, 0.25) is 0 Å². The van der Waals surface area contributed by atoms with Crippen LogP contribution in [0.1, 0.15) is 36.2 Å². The molecule has 3 atom stereocenters. The van der Waals surface area contributed by atoms with E-state index in [4.69, 9.17) is 0 Å². The molecule has 1 aliphatic carbocycles. The molecule has 2 amide bonds. The molecule has 5 nitrogen and oxygen atoms in total. The number of aliphatic carboxylic acids is 1. The average Bonchev–Trinajstić information content (AvgIpc) is 3.05. The minimum Gasteiger partial charge on any atom is -0.480 e. The summed E-state index contributed by atoms with van der Waals surface area (Å²) in [5.41, 5.74) is 1.20. The van der Waals surface area contributed by atoms with Crippen molar-refractivity contribution in [2.45, 2.75) is 43.6 Å². The first-order valence-electron chi connectivity index (χ1n) is 7.07. The van der Waals surface area contributed by atoms with Crippen molar-refractivity contribution in [1.82, 2.24) is 10.2 Å². The van der Waals surface area contributed by atoms with Gasteiger partial charge in [-0.2, -0.15) is 0 Å². The van der Waals surface area contributed by atoms with Crippen molar-refractivity contribution in [3.05, 3.63) is 21.9 Å². The van der Waals surface area contributed by atoms with E-state index in [-0.39, 0.29) is 17.4 Å². The van der Waals surface area contributed by atoms with Crippen LogP contribution in [0.25, 0.3) is 0 Å². The molecule has 7 heteroatoms. The summed E-state index contributed by atoms with van der Waals surface area (Å²) in [7, 11) is 0. The number of aryl methyl sites for hydroxylation is 1.